The van der Waals surface area contributed by atoms with Crippen LogP contribution in [0.4, 0.5) is 0 Å². The van der Waals surface area contributed by atoms with E-state index in [1.165, 1.54) is 11.3 Å². The maximum atomic E-state index is 13.1. The summed E-state index contributed by atoms with van der Waals surface area (Å²) in [6.07, 6.45) is 1.86. The van der Waals surface area contributed by atoms with Crippen LogP contribution in [0.2, 0.25) is 0 Å². The summed E-state index contributed by atoms with van der Waals surface area (Å²) in [4.78, 5) is 45.8. The second-order valence-corrected chi connectivity index (χ2v) is 7.67. The molecule has 3 amide bonds. The molecule has 3 aromatic rings. The van der Waals surface area contributed by atoms with Gasteiger partial charge in [-0.1, -0.05) is 30.3 Å². The number of piperazine rings is 2. The maximum absolute atomic E-state index is 13.1. The fourth-order valence-electron chi connectivity index (χ4n) is 3.72. The molecule has 1 atom stereocenters. The summed E-state index contributed by atoms with van der Waals surface area (Å²) in [6, 6.07) is 9.19. The number of hydrogen-bond acceptors (Lipinski definition) is 5. The number of aromatic nitrogens is 2. The number of fused-ring (bicyclic) bond motifs is 2. The highest BCUT2D eigenvalue weighted by Gasteiger charge is 2.40. The van der Waals surface area contributed by atoms with Gasteiger partial charge in [-0.05, 0) is 0 Å². The standard InChI is InChI=1S/C19H17N5O3S/c25-16-8-20-17(26)14-10-22(6-7-23(14)16)18(27)15-11-28-19-21-13(9-24(15)19)12-4-2-1-3-5-12/h1-5,9,11,14H,6-8,10H2,(H,20,26)/t14-/m1/s1. The van der Waals surface area contributed by atoms with Crippen molar-refractivity contribution < 1.29 is 14.4 Å². The van der Waals surface area contributed by atoms with Gasteiger partial charge >= 0.3 is 0 Å². The summed E-state index contributed by atoms with van der Waals surface area (Å²) in [5, 5.41) is 4.38. The summed E-state index contributed by atoms with van der Waals surface area (Å²) in [5.74, 6) is -0.466. The Labute approximate surface area is 164 Å². The van der Waals surface area contributed by atoms with Gasteiger partial charge in [0.2, 0.25) is 11.8 Å². The first-order chi connectivity index (χ1) is 13.6. The molecule has 0 unspecified atom stereocenters. The zero-order valence-corrected chi connectivity index (χ0v) is 15.7. The monoisotopic (exact) mass is 395 g/mol. The number of hydrogen-bond donors (Lipinski definition) is 1. The lowest BCUT2D eigenvalue weighted by Crippen LogP contribution is -2.66. The number of nitrogens with one attached hydrogen (secondary N) is 1. The number of benzene rings is 1. The summed E-state index contributed by atoms with van der Waals surface area (Å²) in [7, 11) is 0. The second-order valence-electron chi connectivity index (χ2n) is 6.84. The molecule has 9 heteroatoms. The van der Waals surface area contributed by atoms with Crippen LogP contribution in [-0.2, 0) is 9.59 Å². The van der Waals surface area contributed by atoms with Crippen LogP contribution in [0.1, 0.15) is 10.5 Å². The molecule has 0 bridgehead atoms. The van der Waals surface area contributed by atoms with Crippen molar-refractivity contribution in [2.45, 2.75) is 6.04 Å². The fourth-order valence-corrected chi connectivity index (χ4v) is 4.57. The molecule has 0 aliphatic carbocycles. The smallest absolute Gasteiger partial charge is 0.271 e. The van der Waals surface area contributed by atoms with E-state index in [0.717, 1.165) is 16.2 Å². The van der Waals surface area contributed by atoms with Crippen LogP contribution in [0.5, 0.6) is 0 Å². The number of imidazole rings is 1. The van der Waals surface area contributed by atoms with E-state index in [2.05, 4.69) is 10.3 Å². The van der Waals surface area contributed by atoms with Gasteiger partial charge in [-0.2, -0.15) is 0 Å². The van der Waals surface area contributed by atoms with Gasteiger partial charge < -0.3 is 15.1 Å². The summed E-state index contributed by atoms with van der Waals surface area (Å²) in [6.45, 7) is 1.01. The van der Waals surface area contributed by atoms with E-state index in [-0.39, 0.29) is 30.8 Å². The van der Waals surface area contributed by atoms with Gasteiger partial charge in [-0.3, -0.25) is 18.8 Å². The Morgan fingerprint density at radius 2 is 2.00 bits per heavy atom. The number of amides is 3. The Bertz CT molecular complexity index is 1090. The summed E-state index contributed by atoms with van der Waals surface area (Å²) in [5.41, 5.74) is 2.32. The SMILES string of the molecule is O=C1NCC(=O)N2CCN(C(=O)c3csc4nc(-c5ccccc5)cn34)C[C@H]12. The minimum absolute atomic E-state index is 0.0335. The largest absolute Gasteiger partial charge is 0.345 e. The molecule has 28 heavy (non-hydrogen) atoms. The lowest BCUT2D eigenvalue weighted by Gasteiger charge is -2.42. The summed E-state index contributed by atoms with van der Waals surface area (Å²) < 4.78 is 1.80. The Morgan fingerprint density at radius 1 is 1.18 bits per heavy atom. The number of thiazole rings is 1. The molecule has 2 aliphatic rings. The predicted molar refractivity (Wildman–Crippen MR) is 103 cm³/mol. The molecule has 0 saturated carbocycles. The molecule has 2 fully saturated rings. The first-order valence-corrected chi connectivity index (χ1v) is 9.88. The molecule has 2 aliphatic heterocycles. The topological polar surface area (TPSA) is 87.0 Å². The van der Waals surface area contributed by atoms with Crippen molar-refractivity contribution in [2.75, 3.05) is 26.2 Å². The van der Waals surface area contributed by atoms with E-state index in [1.54, 1.807) is 19.6 Å². The van der Waals surface area contributed by atoms with Crippen molar-refractivity contribution in [1.29, 1.82) is 0 Å². The molecule has 2 aromatic heterocycles. The van der Waals surface area contributed by atoms with Crippen LogP contribution in [0, 0.1) is 0 Å². The minimum atomic E-state index is -0.615. The molecule has 2 saturated heterocycles. The molecule has 1 aromatic carbocycles. The first kappa shape index (κ1) is 16.9. The van der Waals surface area contributed by atoms with Crippen molar-refractivity contribution >= 4 is 34.0 Å². The van der Waals surface area contributed by atoms with E-state index >= 15 is 0 Å². The van der Waals surface area contributed by atoms with Crippen LogP contribution >= 0.6 is 11.3 Å². The lowest BCUT2D eigenvalue weighted by atomic mass is 10.1. The number of carbonyl (C=O) groups is 3. The molecule has 1 N–H and O–H groups in total. The van der Waals surface area contributed by atoms with E-state index < -0.39 is 6.04 Å². The highest BCUT2D eigenvalue weighted by atomic mass is 32.1. The Balaban J connectivity index is 1.42. The third-order valence-electron chi connectivity index (χ3n) is 5.20. The van der Waals surface area contributed by atoms with E-state index in [1.807, 2.05) is 36.5 Å². The zero-order valence-electron chi connectivity index (χ0n) is 14.9. The molecule has 0 radical (unpaired) electrons. The van der Waals surface area contributed by atoms with Crippen LogP contribution in [0.3, 0.4) is 0 Å². The van der Waals surface area contributed by atoms with Gasteiger partial charge in [0.05, 0.1) is 18.8 Å². The van der Waals surface area contributed by atoms with Gasteiger partial charge in [-0.25, -0.2) is 4.98 Å². The van der Waals surface area contributed by atoms with Crippen LogP contribution in [0.25, 0.3) is 16.2 Å². The van der Waals surface area contributed by atoms with Crippen molar-refractivity contribution in [3.05, 3.63) is 47.6 Å². The van der Waals surface area contributed by atoms with Crippen LogP contribution in [0.15, 0.2) is 41.9 Å². The van der Waals surface area contributed by atoms with Crippen LogP contribution < -0.4 is 5.32 Å². The lowest BCUT2D eigenvalue weighted by molar-refractivity contribution is -0.148. The zero-order chi connectivity index (χ0) is 19.3. The van der Waals surface area contributed by atoms with Gasteiger partial charge in [0, 0.05) is 30.2 Å². The van der Waals surface area contributed by atoms with E-state index in [9.17, 15) is 14.4 Å². The second kappa shape index (κ2) is 6.45. The van der Waals surface area contributed by atoms with E-state index in [0.29, 0.717) is 18.8 Å². The van der Waals surface area contributed by atoms with E-state index in [4.69, 9.17) is 0 Å². The van der Waals surface area contributed by atoms with Gasteiger partial charge in [0.25, 0.3) is 5.91 Å². The van der Waals surface area contributed by atoms with Gasteiger partial charge in [0.1, 0.15) is 11.7 Å². The molecule has 4 heterocycles. The van der Waals surface area contributed by atoms with Gasteiger partial charge in [0.15, 0.2) is 4.96 Å². The van der Waals surface area contributed by atoms with Crippen molar-refractivity contribution in [1.82, 2.24) is 24.5 Å². The Morgan fingerprint density at radius 3 is 2.82 bits per heavy atom. The third-order valence-corrected chi connectivity index (χ3v) is 6.04. The third kappa shape index (κ3) is 2.66. The number of carbonyl (C=O) groups excluding carboxylic acids is 3. The average molecular weight is 395 g/mol. The molecule has 8 nitrogen and oxygen atoms in total. The predicted octanol–water partition coefficient (Wildman–Crippen LogP) is 0.846. The number of rotatable bonds is 2. The Kier molecular flexibility index (Phi) is 3.90. The molecule has 0 spiro atoms. The highest BCUT2D eigenvalue weighted by Crippen LogP contribution is 2.25. The molecular formula is C19H17N5O3S. The summed E-state index contributed by atoms with van der Waals surface area (Å²) >= 11 is 1.41. The van der Waals surface area contributed by atoms with Crippen molar-refractivity contribution in [3.8, 4) is 11.3 Å². The van der Waals surface area contributed by atoms with Crippen LogP contribution in [-0.4, -0.2) is 69.1 Å². The molecular weight excluding hydrogens is 378 g/mol. The van der Waals surface area contributed by atoms with Crippen molar-refractivity contribution in [2.24, 2.45) is 0 Å². The maximum Gasteiger partial charge on any atom is 0.271 e. The van der Waals surface area contributed by atoms with Crippen molar-refractivity contribution in [3.63, 3.8) is 0 Å². The quantitative estimate of drug-likeness (QED) is 0.697. The van der Waals surface area contributed by atoms with Gasteiger partial charge in [-0.15, -0.1) is 11.3 Å². The normalized spacial score (nSPS) is 19.6. The minimum Gasteiger partial charge on any atom is -0.345 e. The highest BCUT2D eigenvalue weighted by molar-refractivity contribution is 7.15. The average Bonchev–Trinajstić information content (AvgIpc) is 3.32. The Hall–Kier alpha value is -3.20. The molecule has 142 valence electrons. The number of nitrogens with zero attached hydrogens (tertiary/aromatic N) is 4. The molecule has 5 rings (SSSR count). The first-order valence-electron chi connectivity index (χ1n) is 9.00. The fraction of sp³-hybridized carbons (Fsp3) is 0.263.